The lowest BCUT2D eigenvalue weighted by molar-refractivity contribution is 0.0951. The molecule has 0 atom stereocenters. The third-order valence-corrected chi connectivity index (χ3v) is 5.70. The van der Waals surface area contributed by atoms with Gasteiger partial charge < -0.3 is 15.4 Å². The molecule has 0 fully saturated rings. The monoisotopic (exact) mass is 492 g/mol. The summed E-state index contributed by atoms with van der Waals surface area (Å²) in [5.41, 5.74) is 1.34. The number of ether oxygens (including phenoxy) is 1. The summed E-state index contributed by atoms with van der Waals surface area (Å²) >= 11 is 5.00. The first kappa shape index (κ1) is 22.5. The number of benzene rings is 1. The van der Waals surface area contributed by atoms with Gasteiger partial charge in [0.2, 0.25) is 0 Å². The minimum atomic E-state index is -0.133. The van der Waals surface area contributed by atoms with E-state index in [0.29, 0.717) is 42.2 Å². The zero-order valence-electron chi connectivity index (χ0n) is 17.2. The van der Waals surface area contributed by atoms with Gasteiger partial charge in [0.1, 0.15) is 5.82 Å². The molecule has 0 aliphatic rings. The Kier molecular flexibility index (Phi) is 8.06. The van der Waals surface area contributed by atoms with Crippen LogP contribution in [-0.2, 0) is 11.3 Å². The number of anilines is 1. The van der Waals surface area contributed by atoms with Crippen LogP contribution in [0.5, 0.6) is 0 Å². The number of methoxy groups -OCH3 is 1. The van der Waals surface area contributed by atoms with E-state index >= 15 is 0 Å². The van der Waals surface area contributed by atoms with Gasteiger partial charge in [0.25, 0.3) is 5.91 Å². The first-order valence-corrected chi connectivity index (χ1v) is 11.3. The fourth-order valence-electron chi connectivity index (χ4n) is 2.78. The number of nitrogens with zero attached hydrogens (tertiary/aromatic N) is 4. The quantitative estimate of drug-likeness (QED) is 0.253. The topological polar surface area (TPSA) is 94.0 Å². The second-order valence-electron chi connectivity index (χ2n) is 6.78. The van der Waals surface area contributed by atoms with Crippen molar-refractivity contribution in [1.29, 1.82) is 0 Å². The highest BCUT2D eigenvalue weighted by molar-refractivity contribution is 9.10. The summed E-state index contributed by atoms with van der Waals surface area (Å²) in [4.78, 5) is 21.7. The highest BCUT2D eigenvalue weighted by Crippen LogP contribution is 2.26. The van der Waals surface area contributed by atoms with Crippen LogP contribution >= 0.6 is 27.7 Å². The molecule has 0 saturated heterocycles. The van der Waals surface area contributed by atoms with E-state index in [9.17, 15) is 4.79 Å². The molecule has 1 aromatic carbocycles. The predicted molar refractivity (Wildman–Crippen MR) is 123 cm³/mol. The van der Waals surface area contributed by atoms with Gasteiger partial charge in [-0.15, -0.1) is 0 Å². The molecule has 0 bridgehead atoms. The minimum absolute atomic E-state index is 0.133. The maximum atomic E-state index is 12.4. The van der Waals surface area contributed by atoms with E-state index in [1.165, 1.54) is 0 Å². The predicted octanol–water partition coefficient (Wildman–Crippen LogP) is 3.58. The molecule has 2 N–H and O–H groups in total. The molecule has 3 aromatic rings. The number of carbonyl (C=O) groups excluding carboxylic acids is 1. The number of fused-ring (bicyclic) bond motifs is 1. The lowest BCUT2D eigenvalue weighted by atomic mass is 10.2. The summed E-state index contributed by atoms with van der Waals surface area (Å²) in [7, 11) is 1.66. The van der Waals surface area contributed by atoms with Crippen molar-refractivity contribution >= 4 is 50.5 Å². The number of hydrogen-bond acceptors (Lipinski definition) is 7. The Morgan fingerprint density at radius 3 is 2.80 bits per heavy atom. The Bertz CT molecular complexity index is 1010. The van der Waals surface area contributed by atoms with Gasteiger partial charge in [-0.05, 0) is 28.1 Å². The van der Waals surface area contributed by atoms with Crippen molar-refractivity contribution in [3.8, 4) is 0 Å². The van der Waals surface area contributed by atoms with Gasteiger partial charge in [0, 0.05) is 29.9 Å². The highest BCUT2D eigenvalue weighted by Gasteiger charge is 2.15. The number of rotatable bonds is 10. The fraction of sp³-hybridized carbons (Fsp3) is 0.400. The number of carbonyl (C=O) groups is 1. The Hall–Kier alpha value is -2.17. The smallest absolute Gasteiger partial charge is 0.252 e. The Morgan fingerprint density at radius 1 is 1.27 bits per heavy atom. The first-order valence-electron chi connectivity index (χ1n) is 9.65. The van der Waals surface area contributed by atoms with Crippen LogP contribution in [0.15, 0.2) is 40.1 Å². The zero-order chi connectivity index (χ0) is 21.5. The molecule has 0 unspecified atom stereocenters. The molecule has 3 rings (SSSR count). The SMILES string of the molecule is COCCNc1nc(SC(C)C)nc2c1cnn2CCNC(=O)c1ccccc1Br. The molecular weight excluding hydrogens is 468 g/mol. The van der Waals surface area contributed by atoms with E-state index in [2.05, 4.69) is 50.5 Å². The van der Waals surface area contributed by atoms with Gasteiger partial charge in [-0.1, -0.05) is 37.7 Å². The van der Waals surface area contributed by atoms with Gasteiger partial charge in [-0.2, -0.15) is 5.10 Å². The maximum Gasteiger partial charge on any atom is 0.252 e. The van der Waals surface area contributed by atoms with Crippen molar-refractivity contribution in [2.24, 2.45) is 0 Å². The maximum absolute atomic E-state index is 12.4. The summed E-state index contributed by atoms with van der Waals surface area (Å²) in [6, 6.07) is 7.34. The molecule has 0 spiro atoms. The Morgan fingerprint density at radius 2 is 2.07 bits per heavy atom. The summed E-state index contributed by atoms with van der Waals surface area (Å²) < 4.78 is 7.68. The van der Waals surface area contributed by atoms with Crippen molar-refractivity contribution in [2.45, 2.75) is 30.8 Å². The molecule has 0 aliphatic carbocycles. The normalized spacial score (nSPS) is 11.2. The van der Waals surface area contributed by atoms with E-state index < -0.39 is 0 Å². The van der Waals surface area contributed by atoms with Gasteiger partial charge in [-0.3, -0.25) is 4.79 Å². The average molecular weight is 493 g/mol. The van der Waals surface area contributed by atoms with Crippen LogP contribution in [0.2, 0.25) is 0 Å². The van der Waals surface area contributed by atoms with E-state index in [1.807, 2.05) is 18.2 Å². The second-order valence-corrected chi connectivity index (χ2v) is 9.18. The lowest BCUT2D eigenvalue weighted by Gasteiger charge is -2.11. The number of thioether (sulfide) groups is 1. The summed E-state index contributed by atoms with van der Waals surface area (Å²) in [6.07, 6.45) is 1.75. The molecule has 0 aliphatic heterocycles. The summed E-state index contributed by atoms with van der Waals surface area (Å²) in [6.45, 7) is 6.35. The van der Waals surface area contributed by atoms with Crippen molar-refractivity contribution in [2.75, 3.05) is 32.1 Å². The van der Waals surface area contributed by atoms with E-state index in [1.54, 1.807) is 35.8 Å². The first-order chi connectivity index (χ1) is 14.5. The fourth-order valence-corrected chi connectivity index (χ4v) is 3.95. The minimum Gasteiger partial charge on any atom is -0.383 e. The van der Waals surface area contributed by atoms with Gasteiger partial charge >= 0.3 is 0 Å². The number of halogens is 1. The molecule has 160 valence electrons. The zero-order valence-corrected chi connectivity index (χ0v) is 19.6. The number of aromatic nitrogens is 4. The van der Waals surface area contributed by atoms with Gasteiger partial charge in [0.15, 0.2) is 10.8 Å². The summed E-state index contributed by atoms with van der Waals surface area (Å²) in [5, 5.41) is 12.6. The van der Waals surface area contributed by atoms with Crippen molar-refractivity contribution < 1.29 is 9.53 Å². The molecular formula is C20H25BrN6O2S. The number of nitrogens with one attached hydrogen (secondary N) is 2. The second kappa shape index (κ2) is 10.7. The van der Waals surface area contributed by atoms with Crippen LogP contribution in [0.25, 0.3) is 11.0 Å². The van der Waals surface area contributed by atoms with Crippen LogP contribution in [-0.4, -0.2) is 57.7 Å². The van der Waals surface area contributed by atoms with Gasteiger partial charge in [-0.25, -0.2) is 14.6 Å². The Labute approximate surface area is 188 Å². The Balaban J connectivity index is 1.75. The molecule has 8 nitrogen and oxygen atoms in total. The van der Waals surface area contributed by atoms with E-state index in [0.717, 1.165) is 21.3 Å². The van der Waals surface area contributed by atoms with Crippen LogP contribution in [0.4, 0.5) is 5.82 Å². The largest absolute Gasteiger partial charge is 0.383 e. The molecule has 2 heterocycles. The standard InChI is InChI=1S/C20H25BrN6O2S/c1-13(2)30-20-25-17(22-9-11-29-3)15-12-24-27(18(15)26-20)10-8-23-19(28)14-6-4-5-7-16(14)21/h4-7,12-13H,8-11H2,1-3H3,(H,23,28)(H,22,25,26). The van der Waals surface area contributed by atoms with Crippen molar-refractivity contribution in [3.63, 3.8) is 0 Å². The number of hydrogen-bond donors (Lipinski definition) is 2. The van der Waals surface area contributed by atoms with Crippen molar-refractivity contribution in [1.82, 2.24) is 25.1 Å². The van der Waals surface area contributed by atoms with Gasteiger partial charge in [0.05, 0.1) is 30.3 Å². The molecule has 0 saturated carbocycles. The van der Waals surface area contributed by atoms with Crippen LogP contribution in [0, 0.1) is 0 Å². The summed E-state index contributed by atoms with van der Waals surface area (Å²) in [5.74, 6) is 0.607. The molecule has 10 heteroatoms. The van der Waals surface area contributed by atoms with Crippen LogP contribution in [0.3, 0.4) is 0 Å². The molecule has 1 amide bonds. The van der Waals surface area contributed by atoms with Crippen molar-refractivity contribution in [3.05, 3.63) is 40.5 Å². The molecule has 2 aromatic heterocycles. The molecule has 0 radical (unpaired) electrons. The van der Waals surface area contributed by atoms with Crippen LogP contribution < -0.4 is 10.6 Å². The average Bonchev–Trinajstić information content (AvgIpc) is 3.11. The van der Waals surface area contributed by atoms with E-state index in [-0.39, 0.29) is 5.91 Å². The lowest BCUT2D eigenvalue weighted by Crippen LogP contribution is -2.27. The molecule has 30 heavy (non-hydrogen) atoms. The third-order valence-electron chi connectivity index (χ3n) is 4.14. The van der Waals surface area contributed by atoms with E-state index in [4.69, 9.17) is 9.72 Å². The third kappa shape index (κ3) is 5.71. The van der Waals surface area contributed by atoms with Crippen LogP contribution in [0.1, 0.15) is 24.2 Å². The highest BCUT2D eigenvalue weighted by atomic mass is 79.9. The number of amides is 1.